The molecule has 2 aliphatic carbocycles. The molecule has 1 saturated heterocycles. The van der Waals surface area contributed by atoms with Crippen molar-refractivity contribution >= 4 is 27.5 Å². The summed E-state index contributed by atoms with van der Waals surface area (Å²) < 4.78 is 34.2. The second-order valence-corrected chi connectivity index (χ2v) is 14.1. The van der Waals surface area contributed by atoms with Crippen molar-refractivity contribution in [3.05, 3.63) is 132 Å². The fourth-order valence-electron chi connectivity index (χ4n) is 8.51. The zero-order valence-electron chi connectivity index (χ0n) is 28.9. The first kappa shape index (κ1) is 23.8. The highest BCUT2D eigenvalue weighted by Gasteiger charge is 2.57. The zero-order valence-corrected chi connectivity index (χ0v) is 25.9. The molecule has 0 N–H and O–H groups in total. The molecule has 3 aliphatic rings. The summed E-state index contributed by atoms with van der Waals surface area (Å²) in [6.07, 6.45) is 1.00. The van der Waals surface area contributed by atoms with Crippen LogP contribution in [-0.2, 0) is 5.41 Å². The highest BCUT2D eigenvalue weighted by Crippen LogP contribution is 2.58. The van der Waals surface area contributed by atoms with Crippen LogP contribution < -0.4 is 9.64 Å². The van der Waals surface area contributed by atoms with Crippen LogP contribution in [-0.4, -0.2) is 35.2 Å². The Hall–Kier alpha value is -4.54. The molecular formula is C41H39N3O. The number of benzene rings is 5. The molecule has 4 heteroatoms. The van der Waals surface area contributed by atoms with E-state index in [0.29, 0.717) is 12.6 Å². The van der Waals surface area contributed by atoms with Gasteiger partial charge < -0.3 is 14.2 Å². The molecule has 9 rings (SSSR count). The molecule has 2 fully saturated rings. The standard InChI is InChI=1S/C41H39N3O/c1-41(2,3)26-11-9-13-28(21-26)44-37-18-8-7-17-33(37)34-20-19-30(23-38(34)44)45-29-14-10-12-27(22-29)43-25-42(4)39-35-24-36(40(39)43)32-16-6-5-15-31(32)35/h5-23,35-36,39-40H,24-25H2,1-4H3/i4D3. The normalized spacial score (nSPS) is 23.6. The molecule has 4 nitrogen and oxygen atoms in total. The lowest BCUT2D eigenvalue weighted by Gasteiger charge is -2.34. The number of anilines is 1. The number of nitrogens with zero attached hydrogens (tertiary/aromatic N) is 3. The first-order valence-electron chi connectivity index (χ1n) is 17.6. The maximum atomic E-state index is 8.42. The molecule has 2 heterocycles. The second-order valence-electron chi connectivity index (χ2n) is 14.1. The van der Waals surface area contributed by atoms with Crippen LogP contribution in [0.2, 0.25) is 0 Å². The minimum atomic E-state index is -2.16. The Morgan fingerprint density at radius 3 is 2.20 bits per heavy atom. The summed E-state index contributed by atoms with van der Waals surface area (Å²) in [4.78, 5) is 4.07. The molecule has 5 aromatic carbocycles. The van der Waals surface area contributed by atoms with E-state index < -0.39 is 6.98 Å². The monoisotopic (exact) mass is 592 g/mol. The van der Waals surface area contributed by atoms with Gasteiger partial charge in [0.25, 0.3) is 0 Å². The van der Waals surface area contributed by atoms with Gasteiger partial charge in [-0.15, -0.1) is 0 Å². The summed E-state index contributed by atoms with van der Waals surface area (Å²) >= 11 is 0. The lowest BCUT2D eigenvalue weighted by molar-refractivity contribution is 0.282. The number of rotatable bonds is 4. The van der Waals surface area contributed by atoms with Crippen molar-refractivity contribution in [3.63, 3.8) is 0 Å². The van der Waals surface area contributed by atoms with Crippen molar-refractivity contribution in [3.8, 4) is 17.2 Å². The predicted molar refractivity (Wildman–Crippen MR) is 185 cm³/mol. The van der Waals surface area contributed by atoms with Gasteiger partial charge in [0.15, 0.2) is 0 Å². The third kappa shape index (κ3) is 4.08. The summed E-state index contributed by atoms with van der Waals surface area (Å²) in [5.41, 5.74) is 8.40. The molecule has 2 bridgehead atoms. The van der Waals surface area contributed by atoms with Gasteiger partial charge in [-0.2, -0.15) is 0 Å². The van der Waals surface area contributed by atoms with Crippen molar-refractivity contribution < 1.29 is 8.85 Å². The van der Waals surface area contributed by atoms with Crippen LogP contribution in [0.5, 0.6) is 11.5 Å². The van der Waals surface area contributed by atoms with E-state index in [-0.39, 0.29) is 23.4 Å². The molecule has 45 heavy (non-hydrogen) atoms. The molecule has 1 aliphatic heterocycles. The number of hydrogen-bond acceptors (Lipinski definition) is 3. The molecule has 0 amide bonds. The van der Waals surface area contributed by atoms with Gasteiger partial charge in [-0.3, -0.25) is 4.90 Å². The Bertz CT molecular complexity index is 2210. The van der Waals surface area contributed by atoms with Gasteiger partial charge in [0.05, 0.1) is 23.7 Å². The fourth-order valence-corrected chi connectivity index (χ4v) is 8.51. The van der Waals surface area contributed by atoms with Gasteiger partial charge in [-0.25, -0.2) is 0 Å². The lowest BCUT2D eigenvalue weighted by atomic mass is 9.84. The number of likely N-dealkylation sites (N-methyl/N-ethyl adjacent to an activating group) is 1. The van der Waals surface area contributed by atoms with E-state index in [1.165, 1.54) is 27.5 Å². The van der Waals surface area contributed by atoms with Crippen LogP contribution in [0.3, 0.4) is 0 Å². The van der Waals surface area contributed by atoms with E-state index in [2.05, 4.69) is 127 Å². The predicted octanol–water partition coefficient (Wildman–Crippen LogP) is 9.60. The Morgan fingerprint density at radius 1 is 0.667 bits per heavy atom. The van der Waals surface area contributed by atoms with E-state index in [1.54, 1.807) is 4.90 Å². The van der Waals surface area contributed by atoms with E-state index in [4.69, 9.17) is 8.85 Å². The highest BCUT2D eigenvalue weighted by atomic mass is 16.5. The van der Waals surface area contributed by atoms with Gasteiger partial charge in [0.2, 0.25) is 0 Å². The van der Waals surface area contributed by atoms with Crippen LogP contribution >= 0.6 is 0 Å². The highest BCUT2D eigenvalue weighted by molar-refractivity contribution is 6.09. The Balaban J connectivity index is 1.09. The molecule has 4 unspecified atom stereocenters. The van der Waals surface area contributed by atoms with Crippen LogP contribution in [0.25, 0.3) is 27.5 Å². The summed E-state index contributed by atoms with van der Waals surface area (Å²) in [5.74, 6) is 2.04. The average molecular weight is 593 g/mol. The molecule has 0 spiro atoms. The molecule has 0 radical (unpaired) electrons. The Labute approximate surface area is 269 Å². The summed E-state index contributed by atoms with van der Waals surface area (Å²) in [7, 11) is 0. The molecule has 224 valence electrons. The molecular weight excluding hydrogens is 550 g/mol. The number of para-hydroxylation sites is 1. The minimum absolute atomic E-state index is 0.0331. The molecule has 6 aromatic rings. The first-order chi connectivity index (χ1) is 23.1. The maximum absolute atomic E-state index is 8.42. The average Bonchev–Trinajstić information content (AvgIpc) is 3.82. The van der Waals surface area contributed by atoms with Crippen molar-refractivity contribution in [1.29, 1.82) is 0 Å². The van der Waals surface area contributed by atoms with Crippen LogP contribution in [0.15, 0.2) is 115 Å². The summed E-state index contributed by atoms with van der Waals surface area (Å²) in [5, 5.41) is 2.38. The van der Waals surface area contributed by atoms with Gasteiger partial charge in [-0.05, 0) is 78.0 Å². The maximum Gasteiger partial charge on any atom is 0.129 e. The van der Waals surface area contributed by atoms with Crippen LogP contribution in [0.4, 0.5) is 5.69 Å². The summed E-state index contributed by atoms with van der Waals surface area (Å²) in [6.45, 7) is 4.95. The van der Waals surface area contributed by atoms with Crippen molar-refractivity contribution in [2.45, 2.75) is 56.5 Å². The van der Waals surface area contributed by atoms with E-state index >= 15 is 0 Å². The van der Waals surface area contributed by atoms with Crippen LogP contribution in [0, 0.1) is 0 Å². The topological polar surface area (TPSA) is 20.6 Å². The largest absolute Gasteiger partial charge is 0.457 e. The third-order valence-corrected chi connectivity index (χ3v) is 10.5. The number of aromatic nitrogens is 1. The zero-order chi connectivity index (χ0) is 32.9. The van der Waals surface area contributed by atoms with Crippen LogP contribution in [0.1, 0.15) is 59.8 Å². The quantitative estimate of drug-likeness (QED) is 0.203. The van der Waals surface area contributed by atoms with Gasteiger partial charge >= 0.3 is 0 Å². The third-order valence-electron chi connectivity index (χ3n) is 10.5. The molecule has 4 atom stereocenters. The van der Waals surface area contributed by atoms with Gasteiger partial charge in [0, 0.05) is 56.3 Å². The Kier molecular flexibility index (Phi) is 5.14. The van der Waals surface area contributed by atoms with E-state index in [1.807, 2.05) is 18.2 Å². The van der Waals surface area contributed by atoms with Gasteiger partial charge in [0.1, 0.15) is 11.5 Å². The smallest absolute Gasteiger partial charge is 0.129 e. The Morgan fingerprint density at radius 2 is 1.38 bits per heavy atom. The molecule has 1 aromatic heterocycles. The number of hydrogen-bond donors (Lipinski definition) is 0. The van der Waals surface area contributed by atoms with Crippen molar-refractivity contribution in [1.82, 2.24) is 9.47 Å². The second kappa shape index (κ2) is 9.73. The fraction of sp³-hybridized carbons (Fsp3) is 0.268. The first-order valence-corrected chi connectivity index (χ1v) is 16.1. The summed E-state index contributed by atoms with van der Waals surface area (Å²) in [6, 6.07) is 40.6. The van der Waals surface area contributed by atoms with Crippen molar-refractivity contribution in [2.24, 2.45) is 0 Å². The number of ether oxygens (including phenoxy) is 1. The van der Waals surface area contributed by atoms with E-state index in [9.17, 15) is 0 Å². The lowest BCUT2D eigenvalue weighted by Crippen LogP contribution is -2.40. The van der Waals surface area contributed by atoms with Crippen molar-refractivity contribution in [2.75, 3.05) is 18.5 Å². The minimum Gasteiger partial charge on any atom is -0.457 e. The van der Waals surface area contributed by atoms with E-state index in [0.717, 1.165) is 40.3 Å². The van der Waals surface area contributed by atoms with Gasteiger partial charge in [-0.1, -0.05) is 81.4 Å². The SMILES string of the molecule is [2H]C([2H])([2H])N1CN(c2cccc(Oc3ccc4c5ccccc5n(-c5cccc(C(C)(C)C)c5)c4c3)c2)C2C3CC(c4ccccc43)C21. The molecule has 1 saturated carbocycles. The number of fused-ring (bicyclic) bond motifs is 11.